The first kappa shape index (κ1) is 13.3. The third-order valence-corrected chi connectivity index (χ3v) is 3.16. The van der Waals surface area contributed by atoms with Crippen LogP contribution < -0.4 is 0 Å². The van der Waals surface area contributed by atoms with Gasteiger partial charge in [-0.2, -0.15) is 0 Å². The molecule has 0 radical (unpaired) electrons. The Kier molecular flexibility index (Phi) is 3.15. The fourth-order valence-corrected chi connectivity index (χ4v) is 2.02. The summed E-state index contributed by atoms with van der Waals surface area (Å²) in [4.78, 5) is 25.4. The molecule has 0 aliphatic rings. The fraction of sp³-hybridized carbons (Fsp3) is 0. The molecule has 1 aromatic heterocycles. The summed E-state index contributed by atoms with van der Waals surface area (Å²) in [5.74, 6) is 0.319. The van der Waals surface area contributed by atoms with Crippen LogP contribution >= 0.6 is 11.6 Å². The SMILES string of the molecule is O=C(Cl)c1ccc(-c2nc3cc([N+](=O)[O-])ccc3o2)cc1. The highest BCUT2D eigenvalue weighted by Gasteiger charge is 2.13. The van der Waals surface area contributed by atoms with Crippen LogP contribution in [0.2, 0.25) is 0 Å². The van der Waals surface area contributed by atoms with E-state index in [9.17, 15) is 14.9 Å². The van der Waals surface area contributed by atoms with E-state index >= 15 is 0 Å². The number of rotatable bonds is 3. The fourth-order valence-electron chi connectivity index (χ4n) is 1.90. The molecule has 3 rings (SSSR count). The van der Waals surface area contributed by atoms with Crippen LogP contribution in [0.25, 0.3) is 22.6 Å². The molecule has 0 saturated heterocycles. The molecule has 6 nitrogen and oxygen atoms in total. The Labute approximate surface area is 123 Å². The zero-order valence-corrected chi connectivity index (χ0v) is 11.2. The number of oxazole rings is 1. The summed E-state index contributed by atoms with van der Waals surface area (Å²) < 4.78 is 5.54. The van der Waals surface area contributed by atoms with Gasteiger partial charge in [0.15, 0.2) is 5.58 Å². The second-order valence-corrected chi connectivity index (χ2v) is 4.62. The van der Waals surface area contributed by atoms with E-state index < -0.39 is 10.2 Å². The molecule has 0 amide bonds. The summed E-state index contributed by atoms with van der Waals surface area (Å²) in [6.07, 6.45) is 0. The van der Waals surface area contributed by atoms with E-state index in [2.05, 4.69) is 4.98 Å². The van der Waals surface area contributed by atoms with Gasteiger partial charge < -0.3 is 4.42 Å². The Morgan fingerprint density at radius 3 is 2.52 bits per heavy atom. The number of hydrogen-bond donors (Lipinski definition) is 0. The number of halogens is 1. The molecular weight excluding hydrogens is 296 g/mol. The van der Waals surface area contributed by atoms with E-state index in [4.69, 9.17) is 16.0 Å². The Morgan fingerprint density at radius 1 is 1.19 bits per heavy atom. The standard InChI is InChI=1S/C14H7ClN2O4/c15-13(18)8-1-3-9(4-2-8)14-16-11-7-10(17(19)20)5-6-12(11)21-14/h1-7H. The molecule has 0 spiro atoms. The van der Waals surface area contributed by atoms with Crippen molar-refractivity contribution in [2.45, 2.75) is 0 Å². The number of nitrogens with zero attached hydrogens (tertiary/aromatic N) is 2. The molecule has 0 saturated carbocycles. The number of carbonyl (C=O) groups excluding carboxylic acids is 1. The van der Waals surface area contributed by atoms with E-state index in [-0.39, 0.29) is 5.69 Å². The van der Waals surface area contributed by atoms with Crippen molar-refractivity contribution in [1.29, 1.82) is 0 Å². The van der Waals surface area contributed by atoms with E-state index in [1.54, 1.807) is 24.3 Å². The molecule has 0 aliphatic carbocycles. The normalized spacial score (nSPS) is 10.7. The first-order chi connectivity index (χ1) is 10.0. The Morgan fingerprint density at radius 2 is 1.90 bits per heavy atom. The molecule has 2 aromatic carbocycles. The van der Waals surface area contributed by atoms with Gasteiger partial charge in [0.1, 0.15) is 5.52 Å². The van der Waals surface area contributed by atoms with Gasteiger partial charge in [-0.25, -0.2) is 4.98 Å². The highest BCUT2D eigenvalue weighted by Crippen LogP contribution is 2.27. The zero-order valence-electron chi connectivity index (χ0n) is 10.4. The number of aromatic nitrogens is 1. The van der Waals surface area contributed by atoms with E-state index in [0.717, 1.165) is 0 Å². The predicted octanol–water partition coefficient (Wildman–Crippen LogP) is 3.78. The minimum absolute atomic E-state index is 0.0505. The van der Waals surface area contributed by atoms with Crippen LogP contribution in [0.4, 0.5) is 5.69 Å². The topological polar surface area (TPSA) is 86.2 Å². The highest BCUT2D eigenvalue weighted by atomic mass is 35.5. The summed E-state index contributed by atoms with van der Waals surface area (Å²) in [6.45, 7) is 0. The highest BCUT2D eigenvalue weighted by molar-refractivity contribution is 6.67. The van der Waals surface area contributed by atoms with Crippen LogP contribution in [0, 0.1) is 10.1 Å². The van der Waals surface area contributed by atoms with Crippen LogP contribution in [0.15, 0.2) is 46.9 Å². The van der Waals surface area contributed by atoms with Crippen molar-refractivity contribution in [2.75, 3.05) is 0 Å². The van der Waals surface area contributed by atoms with Gasteiger partial charge >= 0.3 is 0 Å². The van der Waals surface area contributed by atoms with Crippen molar-refractivity contribution in [2.24, 2.45) is 0 Å². The molecular formula is C14H7ClN2O4. The summed E-state index contributed by atoms with van der Waals surface area (Å²) >= 11 is 5.37. The Hall–Kier alpha value is -2.73. The lowest BCUT2D eigenvalue weighted by Gasteiger charge is -1.96. The van der Waals surface area contributed by atoms with Crippen molar-refractivity contribution < 1.29 is 14.1 Å². The minimum Gasteiger partial charge on any atom is -0.436 e. The van der Waals surface area contributed by atoms with Gasteiger partial charge in [0.25, 0.3) is 10.9 Å². The average molecular weight is 303 g/mol. The molecule has 0 aliphatic heterocycles. The van der Waals surface area contributed by atoms with Crippen molar-refractivity contribution in [1.82, 2.24) is 4.98 Å². The van der Waals surface area contributed by atoms with Gasteiger partial charge in [-0.1, -0.05) is 0 Å². The van der Waals surface area contributed by atoms with Gasteiger partial charge in [0, 0.05) is 23.3 Å². The molecule has 3 aromatic rings. The minimum atomic E-state index is -0.547. The van der Waals surface area contributed by atoms with Crippen LogP contribution in [-0.4, -0.2) is 15.1 Å². The smallest absolute Gasteiger partial charge is 0.271 e. The lowest BCUT2D eigenvalue weighted by atomic mass is 10.1. The van der Waals surface area contributed by atoms with Gasteiger partial charge in [-0.3, -0.25) is 14.9 Å². The summed E-state index contributed by atoms with van der Waals surface area (Å²) in [6, 6.07) is 10.6. The van der Waals surface area contributed by atoms with Gasteiger partial charge in [-0.15, -0.1) is 0 Å². The number of hydrogen-bond acceptors (Lipinski definition) is 5. The summed E-state index contributed by atoms with van der Waals surface area (Å²) in [7, 11) is 0. The number of nitro benzene ring substituents is 1. The summed E-state index contributed by atoms with van der Waals surface area (Å²) in [5, 5.41) is 10.2. The van der Waals surface area contributed by atoms with Crippen LogP contribution in [-0.2, 0) is 0 Å². The largest absolute Gasteiger partial charge is 0.436 e. The molecule has 0 fully saturated rings. The van der Waals surface area contributed by atoms with Crippen LogP contribution in [0.5, 0.6) is 0 Å². The third kappa shape index (κ3) is 2.48. The number of non-ortho nitro benzene ring substituents is 1. The number of benzene rings is 2. The van der Waals surface area contributed by atoms with Crippen molar-refractivity contribution in [3.63, 3.8) is 0 Å². The number of nitro groups is 1. The maximum absolute atomic E-state index is 11.0. The molecule has 21 heavy (non-hydrogen) atoms. The third-order valence-electron chi connectivity index (χ3n) is 2.94. The van der Waals surface area contributed by atoms with Gasteiger partial charge in [0.05, 0.1) is 4.92 Å². The lowest BCUT2D eigenvalue weighted by molar-refractivity contribution is -0.384. The maximum atomic E-state index is 11.0. The lowest BCUT2D eigenvalue weighted by Crippen LogP contribution is -1.87. The predicted molar refractivity (Wildman–Crippen MR) is 76.3 cm³/mol. The Balaban J connectivity index is 2.04. The van der Waals surface area contributed by atoms with E-state index in [1.165, 1.54) is 18.2 Å². The number of fused-ring (bicyclic) bond motifs is 1. The van der Waals surface area contributed by atoms with Gasteiger partial charge in [-0.05, 0) is 41.9 Å². The quantitative estimate of drug-likeness (QED) is 0.417. The zero-order chi connectivity index (χ0) is 15.0. The van der Waals surface area contributed by atoms with Crippen molar-refractivity contribution in [3.05, 3.63) is 58.1 Å². The van der Waals surface area contributed by atoms with Crippen molar-refractivity contribution >= 4 is 33.6 Å². The summed E-state index contributed by atoms with van der Waals surface area (Å²) in [5.41, 5.74) is 1.82. The second kappa shape index (κ2) is 4.99. The van der Waals surface area contributed by atoms with E-state index in [0.29, 0.717) is 28.1 Å². The molecule has 7 heteroatoms. The van der Waals surface area contributed by atoms with Crippen molar-refractivity contribution in [3.8, 4) is 11.5 Å². The van der Waals surface area contributed by atoms with Crippen LogP contribution in [0.3, 0.4) is 0 Å². The first-order valence-corrected chi connectivity index (χ1v) is 6.27. The monoisotopic (exact) mass is 302 g/mol. The Bertz CT molecular complexity index is 855. The molecule has 1 heterocycles. The molecule has 0 unspecified atom stereocenters. The molecule has 104 valence electrons. The maximum Gasteiger partial charge on any atom is 0.271 e. The van der Waals surface area contributed by atoms with E-state index in [1.807, 2.05) is 0 Å². The van der Waals surface area contributed by atoms with Gasteiger partial charge in [0.2, 0.25) is 5.89 Å². The average Bonchev–Trinajstić information content (AvgIpc) is 2.90. The molecule has 0 N–H and O–H groups in total. The second-order valence-electron chi connectivity index (χ2n) is 4.28. The first-order valence-electron chi connectivity index (χ1n) is 5.90. The number of carbonyl (C=O) groups is 1. The van der Waals surface area contributed by atoms with Crippen LogP contribution in [0.1, 0.15) is 10.4 Å². The molecule has 0 atom stereocenters. The molecule has 0 bridgehead atoms.